The highest BCUT2D eigenvalue weighted by Gasteiger charge is 2.19. The van der Waals surface area contributed by atoms with Crippen LogP contribution in [0.15, 0.2) is 30.3 Å². The van der Waals surface area contributed by atoms with E-state index in [2.05, 4.69) is 5.32 Å². The zero-order chi connectivity index (χ0) is 14.5. The third-order valence-corrected chi connectivity index (χ3v) is 2.59. The number of carbonyl (C=O) groups is 2. The van der Waals surface area contributed by atoms with Gasteiger partial charge in [0.05, 0.1) is 6.54 Å². The van der Waals surface area contributed by atoms with Gasteiger partial charge < -0.3 is 10.1 Å². The molecule has 1 amide bonds. The van der Waals surface area contributed by atoms with Gasteiger partial charge in [-0.3, -0.25) is 4.79 Å². The Morgan fingerprint density at radius 3 is 2.32 bits per heavy atom. The number of Topliss-reactive ketones (excluding diaryl/α,β-unsaturated/α-hetero) is 1. The fourth-order valence-corrected chi connectivity index (χ4v) is 1.55. The first-order chi connectivity index (χ1) is 8.79. The second-order valence-corrected chi connectivity index (χ2v) is 5.45. The highest BCUT2D eigenvalue weighted by atomic mass is 16.6. The summed E-state index contributed by atoms with van der Waals surface area (Å²) in [6, 6.07) is 9.48. The molecule has 1 aromatic carbocycles. The minimum atomic E-state index is -0.568. The predicted octanol–water partition coefficient (Wildman–Crippen LogP) is 2.88. The average Bonchev–Trinajstić information content (AvgIpc) is 2.34. The van der Waals surface area contributed by atoms with E-state index in [1.807, 2.05) is 37.3 Å². The normalized spacial score (nSPS) is 12.6. The molecule has 4 heteroatoms. The van der Waals surface area contributed by atoms with Gasteiger partial charge in [0.1, 0.15) is 5.60 Å². The number of carbonyl (C=O) groups excluding carboxylic acids is 2. The molecule has 0 aromatic heterocycles. The Kier molecular flexibility index (Phi) is 5.10. The molecule has 1 atom stereocenters. The van der Waals surface area contributed by atoms with Crippen LogP contribution in [0.5, 0.6) is 0 Å². The smallest absolute Gasteiger partial charge is 0.408 e. The van der Waals surface area contributed by atoms with Crippen LogP contribution in [0.4, 0.5) is 4.79 Å². The zero-order valence-electron chi connectivity index (χ0n) is 11.9. The number of ether oxygens (including phenoxy) is 1. The molecule has 19 heavy (non-hydrogen) atoms. The molecule has 0 fully saturated rings. The third-order valence-electron chi connectivity index (χ3n) is 2.59. The summed E-state index contributed by atoms with van der Waals surface area (Å²) in [4.78, 5) is 23.4. The van der Waals surface area contributed by atoms with Crippen LogP contribution in [-0.4, -0.2) is 24.0 Å². The van der Waals surface area contributed by atoms with E-state index in [0.717, 1.165) is 5.56 Å². The van der Waals surface area contributed by atoms with Crippen LogP contribution in [0.3, 0.4) is 0 Å². The van der Waals surface area contributed by atoms with Crippen molar-refractivity contribution in [2.45, 2.75) is 39.2 Å². The zero-order valence-corrected chi connectivity index (χ0v) is 11.9. The maximum Gasteiger partial charge on any atom is 0.408 e. The van der Waals surface area contributed by atoms with E-state index in [4.69, 9.17) is 4.74 Å². The van der Waals surface area contributed by atoms with Crippen LogP contribution in [0.1, 0.15) is 39.2 Å². The number of amides is 1. The lowest BCUT2D eigenvalue weighted by Gasteiger charge is -2.20. The Labute approximate surface area is 114 Å². The van der Waals surface area contributed by atoms with Gasteiger partial charge in [0, 0.05) is 5.92 Å². The van der Waals surface area contributed by atoms with Crippen molar-refractivity contribution in [1.82, 2.24) is 5.32 Å². The summed E-state index contributed by atoms with van der Waals surface area (Å²) < 4.78 is 5.07. The van der Waals surface area contributed by atoms with E-state index in [1.165, 1.54) is 0 Å². The Morgan fingerprint density at radius 1 is 1.21 bits per heavy atom. The fraction of sp³-hybridized carbons (Fsp3) is 0.467. The molecule has 1 aromatic rings. The molecule has 1 N–H and O–H groups in total. The van der Waals surface area contributed by atoms with Crippen LogP contribution in [-0.2, 0) is 9.53 Å². The van der Waals surface area contributed by atoms with Gasteiger partial charge in [-0.1, -0.05) is 37.3 Å². The van der Waals surface area contributed by atoms with E-state index in [9.17, 15) is 9.59 Å². The topological polar surface area (TPSA) is 55.4 Å². The monoisotopic (exact) mass is 263 g/mol. The molecule has 0 unspecified atom stereocenters. The van der Waals surface area contributed by atoms with Crippen molar-refractivity contribution in [3.8, 4) is 0 Å². The van der Waals surface area contributed by atoms with E-state index in [-0.39, 0.29) is 18.2 Å². The van der Waals surface area contributed by atoms with Gasteiger partial charge in [0.25, 0.3) is 0 Å². The maximum absolute atomic E-state index is 11.9. The van der Waals surface area contributed by atoms with E-state index < -0.39 is 11.7 Å². The molecule has 0 radical (unpaired) electrons. The van der Waals surface area contributed by atoms with Crippen molar-refractivity contribution in [1.29, 1.82) is 0 Å². The van der Waals surface area contributed by atoms with Crippen LogP contribution in [0.2, 0.25) is 0 Å². The quantitative estimate of drug-likeness (QED) is 0.908. The van der Waals surface area contributed by atoms with Gasteiger partial charge >= 0.3 is 6.09 Å². The number of nitrogens with one attached hydrogen (secondary N) is 1. The van der Waals surface area contributed by atoms with Crippen molar-refractivity contribution >= 4 is 11.9 Å². The second kappa shape index (κ2) is 6.36. The van der Waals surface area contributed by atoms with Gasteiger partial charge in [-0.15, -0.1) is 0 Å². The SMILES string of the molecule is C[C@@H](C(=O)CNC(=O)OC(C)(C)C)c1ccccc1. The summed E-state index contributed by atoms with van der Waals surface area (Å²) in [5, 5.41) is 2.48. The first kappa shape index (κ1) is 15.2. The Hall–Kier alpha value is -1.84. The fourth-order valence-electron chi connectivity index (χ4n) is 1.55. The Balaban J connectivity index is 2.46. The number of ketones is 1. The van der Waals surface area contributed by atoms with Crippen molar-refractivity contribution in [2.24, 2.45) is 0 Å². The highest BCUT2D eigenvalue weighted by Crippen LogP contribution is 2.15. The minimum absolute atomic E-state index is 0.0228. The van der Waals surface area contributed by atoms with Crippen molar-refractivity contribution in [3.63, 3.8) is 0 Å². The minimum Gasteiger partial charge on any atom is -0.444 e. The summed E-state index contributed by atoms with van der Waals surface area (Å²) in [5.74, 6) is -0.284. The van der Waals surface area contributed by atoms with Gasteiger partial charge in [0.2, 0.25) is 0 Å². The lowest BCUT2D eigenvalue weighted by atomic mass is 9.97. The largest absolute Gasteiger partial charge is 0.444 e. The highest BCUT2D eigenvalue weighted by molar-refractivity contribution is 5.89. The van der Waals surface area contributed by atoms with Crippen LogP contribution in [0.25, 0.3) is 0 Å². The first-order valence-corrected chi connectivity index (χ1v) is 6.34. The average molecular weight is 263 g/mol. The molecule has 0 aliphatic carbocycles. The summed E-state index contributed by atoms with van der Waals surface area (Å²) in [7, 11) is 0. The predicted molar refractivity (Wildman–Crippen MR) is 74.1 cm³/mol. The van der Waals surface area contributed by atoms with Gasteiger partial charge in [-0.05, 0) is 26.3 Å². The van der Waals surface area contributed by atoms with Gasteiger partial charge in [0.15, 0.2) is 5.78 Å². The molecule has 4 nitrogen and oxygen atoms in total. The standard InChI is InChI=1S/C15H21NO3/c1-11(12-8-6-5-7-9-12)13(17)10-16-14(18)19-15(2,3)4/h5-9,11H,10H2,1-4H3,(H,16,18)/t11-/m1/s1. The van der Waals surface area contributed by atoms with E-state index in [1.54, 1.807) is 20.8 Å². The first-order valence-electron chi connectivity index (χ1n) is 6.34. The van der Waals surface area contributed by atoms with Crippen molar-refractivity contribution in [2.75, 3.05) is 6.54 Å². The van der Waals surface area contributed by atoms with Crippen molar-refractivity contribution < 1.29 is 14.3 Å². The molecule has 1 rings (SSSR count). The Morgan fingerprint density at radius 2 is 1.79 bits per heavy atom. The number of rotatable bonds is 4. The maximum atomic E-state index is 11.9. The summed E-state index contributed by atoms with van der Waals surface area (Å²) >= 11 is 0. The van der Waals surface area contributed by atoms with Crippen molar-refractivity contribution in [3.05, 3.63) is 35.9 Å². The molecule has 0 aliphatic rings. The number of hydrogen-bond donors (Lipinski definition) is 1. The molecular weight excluding hydrogens is 242 g/mol. The molecule has 0 spiro atoms. The number of benzene rings is 1. The van der Waals surface area contributed by atoms with Gasteiger partial charge in [-0.2, -0.15) is 0 Å². The molecule has 104 valence electrons. The molecule has 0 saturated carbocycles. The second-order valence-electron chi connectivity index (χ2n) is 5.45. The lowest BCUT2D eigenvalue weighted by molar-refractivity contribution is -0.119. The third kappa shape index (κ3) is 5.55. The molecular formula is C15H21NO3. The number of alkyl carbamates (subject to hydrolysis) is 1. The molecule has 0 heterocycles. The van der Waals surface area contributed by atoms with Gasteiger partial charge in [-0.25, -0.2) is 4.79 Å². The summed E-state index contributed by atoms with van der Waals surface area (Å²) in [5.41, 5.74) is 0.386. The summed E-state index contributed by atoms with van der Waals surface area (Å²) in [6.45, 7) is 7.14. The number of hydrogen-bond acceptors (Lipinski definition) is 3. The molecule has 0 bridgehead atoms. The van der Waals surface area contributed by atoms with E-state index >= 15 is 0 Å². The molecule has 0 saturated heterocycles. The van der Waals surface area contributed by atoms with E-state index in [0.29, 0.717) is 0 Å². The van der Waals surface area contributed by atoms with Crippen LogP contribution < -0.4 is 5.32 Å². The lowest BCUT2D eigenvalue weighted by Crippen LogP contribution is -2.36. The van der Waals surface area contributed by atoms with Crippen LogP contribution >= 0.6 is 0 Å². The Bertz CT molecular complexity index is 434. The summed E-state index contributed by atoms with van der Waals surface area (Å²) in [6.07, 6.45) is -0.568. The molecule has 0 aliphatic heterocycles. The van der Waals surface area contributed by atoms with Crippen LogP contribution in [0, 0.1) is 0 Å².